The number of hydrogen-bond acceptors (Lipinski definition) is 4. The van der Waals surface area contributed by atoms with Crippen LogP contribution in [-0.4, -0.2) is 6.71 Å². The highest BCUT2D eigenvalue weighted by molar-refractivity contribution is 7.00. The van der Waals surface area contributed by atoms with E-state index in [2.05, 4.69) is 271 Å². The Kier molecular flexibility index (Phi) is 11.2. The van der Waals surface area contributed by atoms with Gasteiger partial charge in [0.05, 0.1) is 5.69 Å². The van der Waals surface area contributed by atoms with Crippen LogP contribution in [0, 0.1) is 13.8 Å². The summed E-state index contributed by atoms with van der Waals surface area (Å²) in [6, 6.07) is 56.6. The van der Waals surface area contributed by atoms with Crippen LogP contribution in [0.4, 0.5) is 51.2 Å². The van der Waals surface area contributed by atoms with E-state index in [9.17, 15) is 0 Å². The first kappa shape index (κ1) is 51.5. The quantitative estimate of drug-likeness (QED) is 0.160. The number of anilines is 9. The minimum Gasteiger partial charge on any atom is -0.454 e. The normalized spacial score (nSPS) is 17.5. The van der Waals surface area contributed by atoms with E-state index >= 15 is 0 Å². The molecule has 9 aromatic rings. The van der Waals surface area contributed by atoms with Crippen molar-refractivity contribution in [3.05, 3.63) is 190 Å². The summed E-state index contributed by atoms with van der Waals surface area (Å²) in [6.07, 6.45) is 4.63. The average Bonchev–Trinajstić information content (AvgIpc) is 3.12. The summed E-state index contributed by atoms with van der Waals surface area (Å²) in [5.41, 5.74) is 27.2. The van der Waals surface area contributed by atoms with Gasteiger partial charge in [-0.1, -0.05) is 176 Å². The lowest BCUT2D eigenvalue weighted by Gasteiger charge is -2.48. The topological polar surface area (TPSA) is 22.9 Å². The summed E-state index contributed by atoms with van der Waals surface area (Å²) < 4.78 is 7.32. The molecule has 0 saturated heterocycles. The number of rotatable bonds is 5. The summed E-state index contributed by atoms with van der Waals surface area (Å²) in [7, 11) is 0. The Morgan fingerprint density at radius 3 is 1.62 bits per heavy atom. The van der Waals surface area contributed by atoms with E-state index in [0.717, 1.165) is 58.6 Å². The van der Waals surface area contributed by atoms with Crippen molar-refractivity contribution in [3.63, 3.8) is 0 Å². The summed E-state index contributed by atoms with van der Waals surface area (Å²) in [6.45, 7) is 38.4. The molecule has 0 N–H and O–H groups in total. The molecule has 1 aromatic heterocycles. The molecule has 0 atom stereocenters. The highest BCUT2D eigenvalue weighted by Crippen LogP contribution is 2.55. The number of para-hydroxylation sites is 3. The maximum Gasteiger partial charge on any atom is 0.252 e. The monoisotopic (exact) mass is 1040 g/mol. The van der Waals surface area contributed by atoms with Crippen molar-refractivity contribution in [2.45, 2.75) is 169 Å². The predicted molar refractivity (Wildman–Crippen MR) is 340 cm³/mol. The molecule has 0 radical (unpaired) electrons. The first-order valence-corrected chi connectivity index (χ1v) is 29.4. The number of fused-ring (bicyclic) bond motifs is 9. The van der Waals surface area contributed by atoms with Crippen LogP contribution in [0.2, 0.25) is 0 Å². The van der Waals surface area contributed by atoms with Crippen LogP contribution in [0.15, 0.2) is 150 Å². The van der Waals surface area contributed by atoms with Crippen LogP contribution in [-0.2, 0) is 32.5 Å². The zero-order valence-electron chi connectivity index (χ0n) is 50.0. The van der Waals surface area contributed by atoms with Crippen molar-refractivity contribution in [2.75, 3.05) is 14.7 Å². The maximum atomic E-state index is 7.32. The predicted octanol–water partition coefficient (Wildman–Crippen LogP) is 19.0. The molecule has 0 spiro atoms. The summed E-state index contributed by atoms with van der Waals surface area (Å²) >= 11 is 0. The molecule has 8 aromatic carbocycles. The Hall–Kier alpha value is -6.98. The smallest absolute Gasteiger partial charge is 0.252 e. The number of benzene rings is 8. The van der Waals surface area contributed by atoms with E-state index in [-0.39, 0.29) is 39.2 Å². The minimum absolute atomic E-state index is 0.00200. The van der Waals surface area contributed by atoms with Crippen molar-refractivity contribution < 1.29 is 4.42 Å². The van der Waals surface area contributed by atoms with Gasteiger partial charge >= 0.3 is 0 Å². The number of furan rings is 1. The average molecular weight is 1040 g/mol. The Morgan fingerprint density at radius 1 is 0.468 bits per heavy atom. The van der Waals surface area contributed by atoms with Crippen LogP contribution in [0.25, 0.3) is 21.9 Å². The standard InChI is InChI=1S/C74H80BN3O/c1-45-23-17-20-26-58(45)76(59-27-21-18-24-46(59)2)49-30-33-56-61(42-49)78(60-34-32-52(70(6,7)8)66-50-25-19-22-28-65(50)79-68(60)66)64-40-47(69(3,4)5)39-63-67(64)75(56)57-43-54-55(74(15,16)38-37-73(54,13)14)44-62(57)77(63)48-29-31-51-53(41-48)72(11,12)36-35-71(51,9)10/h17-34,39-44H,35-38H2,1-16H3. The van der Waals surface area contributed by atoms with Gasteiger partial charge in [-0.25, -0.2) is 0 Å². The molecular weight excluding hydrogens is 958 g/mol. The molecule has 0 saturated carbocycles. The summed E-state index contributed by atoms with van der Waals surface area (Å²) in [5, 5.41) is 2.34. The van der Waals surface area contributed by atoms with Gasteiger partial charge in [0.1, 0.15) is 5.58 Å². The number of hydrogen-bond donors (Lipinski definition) is 0. The Bertz CT molecular complexity index is 3950. The highest BCUT2D eigenvalue weighted by atomic mass is 16.3. The maximum absolute atomic E-state index is 7.32. The lowest BCUT2D eigenvalue weighted by atomic mass is 9.33. The van der Waals surface area contributed by atoms with Crippen LogP contribution in [0.3, 0.4) is 0 Å². The Balaban J connectivity index is 1.19. The van der Waals surface area contributed by atoms with Crippen molar-refractivity contribution >= 4 is 96.2 Å². The fraction of sp³-hybridized carbons (Fsp3) is 0.351. The molecule has 2 aliphatic carbocycles. The molecule has 4 aliphatic rings. The molecule has 0 bridgehead atoms. The van der Waals surface area contributed by atoms with E-state index in [4.69, 9.17) is 4.42 Å². The second-order valence-corrected chi connectivity index (χ2v) is 28.8. The van der Waals surface area contributed by atoms with Gasteiger partial charge in [-0.2, -0.15) is 0 Å². The first-order valence-electron chi connectivity index (χ1n) is 29.4. The fourth-order valence-electron chi connectivity index (χ4n) is 14.5. The molecule has 4 nitrogen and oxygen atoms in total. The number of nitrogens with zero attached hydrogens (tertiary/aromatic N) is 3. The first-order chi connectivity index (χ1) is 37.2. The van der Waals surface area contributed by atoms with E-state index in [1.54, 1.807) is 0 Å². The molecule has 0 amide bonds. The van der Waals surface area contributed by atoms with Crippen molar-refractivity contribution in [1.29, 1.82) is 0 Å². The minimum atomic E-state index is -0.193. The van der Waals surface area contributed by atoms with Crippen molar-refractivity contribution in [3.8, 4) is 0 Å². The molecule has 5 heteroatoms. The second-order valence-electron chi connectivity index (χ2n) is 28.8. The summed E-state index contributed by atoms with van der Waals surface area (Å²) in [5.74, 6) is 0. The van der Waals surface area contributed by atoms with Gasteiger partial charge in [-0.15, -0.1) is 0 Å². The Labute approximate surface area is 471 Å². The van der Waals surface area contributed by atoms with Crippen LogP contribution < -0.4 is 31.1 Å². The zero-order valence-corrected chi connectivity index (χ0v) is 50.0. The van der Waals surface area contributed by atoms with Crippen LogP contribution in [0.1, 0.15) is 167 Å². The van der Waals surface area contributed by atoms with Gasteiger partial charge < -0.3 is 19.1 Å². The van der Waals surface area contributed by atoms with E-state index in [0.29, 0.717) is 0 Å². The zero-order chi connectivity index (χ0) is 55.7. The Morgan fingerprint density at radius 2 is 1.01 bits per heavy atom. The van der Waals surface area contributed by atoms with Gasteiger partial charge in [-0.3, -0.25) is 0 Å². The molecule has 3 heterocycles. The van der Waals surface area contributed by atoms with E-state index in [1.807, 2.05) is 0 Å². The van der Waals surface area contributed by atoms with Crippen molar-refractivity contribution in [1.82, 2.24) is 0 Å². The molecule has 400 valence electrons. The van der Waals surface area contributed by atoms with Gasteiger partial charge in [0.2, 0.25) is 0 Å². The lowest BCUT2D eigenvalue weighted by Crippen LogP contribution is -2.62. The fourth-order valence-corrected chi connectivity index (χ4v) is 14.5. The van der Waals surface area contributed by atoms with Gasteiger partial charge in [0, 0.05) is 56.3 Å². The van der Waals surface area contributed by atoms with Gasteiger partial charge in [0.15, 0.2) is 5.58 Å². The van der Waals surface area contributed by atoms with E-state index < -0.39 is 0 Å². The molecule has 79 heavy (non-hydrogen) atoms. The highest BCUT2D eigenvalue weighted by Gasteiger charge is 2.48. The van der Waals surface area contributed by atoms with Crippen LogP contribution >= 0.6 is 0 Å². The van der Waals surface area contributed by atoms with Gasteiger partial charge in [-0.05, 0) is 200 Å². The van der Waals surface area contributed by atoms with Crippen LogP contribution in [0.5, 0.6) is 0 Å². The largest absolute Gasteiger partial charge is 0.454 e. The van der Waals surface area contributed by atoms with E-state index in [1.165, 1.54) is 101 Å². The van der Waals surface area contributed by atoms with Crippen molar-refractivity contribution in [2.24, 2.45) is 0 Å². The number of aryl methyl sites for hydroxylation is 2. The SMILES string of the molecule is Cc1ccccc1N(c1ccc2c(c1)N(c1ccc(C(C)(C)C)c3c1oc1ccccc13)c1cc(C(C)(C)C)cc3c1B2c1cc2c(cc1N3c1ccc3c(c1)C(C)(C)CCC3(C)C)C(C)(C)CCC2(C)C)c1ccccc1C. The molecule has 2 aliphatic heterocycles. The molecular formula is C74H80BN3O. The molecule has 0 fully saturated rings. The second kappa shape index (κ2) is 17.3. The molecule has 0 unspecified atom stereocenters. The summed E-state index contributed by atoms with van der Waals surface area (Å²) in [4.78, 5) is 7.83. The third-order valence-electron chi connectivity index (χ3n) is 19.5. The lowest BCUT2D eigenvalue weighted by molar-refractivity contribution is 0.332. The molecule has 13 rings (SSSR count). The third kappa shape index (κ3) is 7.90. The van der Waals surface area contributed by atoms with Gasteiger partial charge in [0.25, 0.3) is 6.71 Å². The third-order valence-corrected chi connectivity index (χ3v) is 19.5.